The fourth-order valence-electron chi connectivity index (χ4n) is 7.90. The van der Waals surface area contributed by atoms with E-state index in [2.05, 4.69) is 43.5 Å². The van der Waals surface area contributed by atoms with Crippen LogP contribution < -0.4 is 0 Å². The number of amides is 1. The van der Waals surface area contributed by atoms with E-state index < -0.39 is 0 Å². The second kappa shape index (κ2) is 10.7. The highest BCUT2D eigenvalue weighted by Crippen LogP contribution is 2.61. The molecule has 1 aliphatic heterocycles. The van der Waals surface area contributed by atoms with Crippen molar-refractivity contribution in [3.05, 3.63) is 52.7 Å². The molecule has 1 saturated heterocycles. The third kappa shape index (κ3) is 5.08. The van der Waals surface area contributed by atoms with Gasteiger partial charge in [0.05, 0.1) is 16.3 Å². The van der Waals surface area contributed by atoms with Crippen LogP contribution in [0, 0.1) is 17.8 Å². The number of thioether (sulfide) groups is 1. The monoisotopic (exact) mass is 533 g/mol. The molecule has 37 heavy (non-hydrogen) atoms. The van der Waals surface area contributed by atoms with E-state index in [0.717, 1.165) is 53.3 Å². The number of benzene rings is 1. The standard InChI is InChI=1S/C31H39N3OS2/c1-2-3-4-5-6-10-13-33-29(35)27(37-30(33)36)17-25-21-34(26-11-8-7-9-12-26)32-28(25)31-18-22-14-23(19-31)16-24(15-22)20-31/h7-9,11-12,17,21-24H,2-6,10,13-16,18-20H2,1H3/b27-17-. The van der Waals surface area contributed by atoms with E-state index in [4.69, 9.17) is 17.3 Å². The van der Waals surface area contributed by atoms with Gasteiger partial charge in [-0.25, -0.2) is 4.68 Å². The van der Waals surface area contributed by atoms with Crippen molar-refractivity contribution in [2.75, 3.05) is 6.54 Å². The van der Waals surface area contributed by atoms with E-state index in [1.165, 1.54) is 81.7 Å². The number of para-hydroxylation sites is 1. The quantitative estimate of drug-likeness (QED) is 0.177. The van der Waals surface area contributed by atoms with Gasteiger partial charge in [-0.15, -0.1) is 0 Å². The summed E-state index contributed by atoms with van der Waals surface area (Å²) in [7, 11) is 0. The molecule has 1 amide bonds. The summed E-state index contributed by atoms with van der Waals surface area (Å²) in [6, 6.07) is 10.4. The zero-order valence-corrected chi connectivity index (χ0v) is 23.7. The Labute approximate surface area is 231 Å². The minimum absolute atomic E-state index is 0.0764. The summed E-state index contributed by atoms with van der Waals surface area (Å²) in [5.41, 5.74) is 3.57. The third-order valence-electron chi connectivity index (χ3n) is 9.20. The van der Waals surface area contributed by atoms with Crippen molar-refractivity contribution >= 4 is 40.3 Å². The van der Waals surface area contributed by atoms with Crippen LogP contribution in [0.25, 0.3) is 11.8 Å². The maximum Gasteiger partial charge on any atom is 0.266 e. The third-order valence-corrected chi connectivity index (χ3v) is 10.6. The summed E-state index contributed by atoms with van der Waals surface area (Å²) in [5.74, 6) is 2.61. The zero-order valence-electron chi connectivity index (χ0n) is 22.0. The molecular formula is C31H39N3OS2. The molecule has 2 aromatic rings. The number of rotatable bonds is 10. The molecule has 1 aromatic carbocycles. The van der Waals surface area contributed by atoms with Crippen LogP contribution in [-0.4, -0.2) is 31.5 Å². The van der Waals surface area contributed by atoms with Gasteiger partial charge in [0.25, 0.3) is 5.91 Å². The van der Waals surface area contributed by atoms with Gasteiger partial charge in [0, 0.05) is 23.7 Å². The Morgan fingerprint density at radius 2 is 1.65 bits per heavy atom. The van der Waals surface area contributed by atoms with Crippen molar-refractivity contribution < 1.29 is 4.79 Å². The van der Waals surface area contributed by atoms with Gasteiger partial charge in [-0.05, 0) is 80.9 Å². The van der Waals surface area contributed by atoms with Crippen molar-refractivity contribution in [3.63, 3.8) is 0 Å². The molecule has 1 aromatic heterocycles. The van der Waals surface area contributed by atoms with Gasteiger partial charge >= 0.3 is 0 Å². The lowest BCUT2D eigenvalue weighted by Gasteiger charge is -2.56. The molecule has 5 fully saturated rings. The number of hydrogen-bond acceptors (Lipinski definition) is 4. The molecular weight excluding hydrogens is 494 g/mol. The number of unbranched alkanes of at least 4 members (excludes halogenated alkanes) is 5. The first-order valence-electron chi connectivity index (χ1n) is 14.5. The minimum atomic E-state index is 0.0764. The Hall–Kier alpha value is -1.92. The van der Waals surface area contributed by atoms with Crippen molar-refractivity contribution in [2.24, 2.45) is 17.8 Å². The van der Waals surface area contributed by atoms with Gasteiger partial charge in [0.1, 0.15) is 4.32 Å². The lowest BCUT2D eigenvalue weighted by Crippen LogP contribution is -2.49. The zero-order chi connectivity index (χ0) is 25.4. The molecule has 4 saturated carbocycles. The highest BCUT2D eigenvalue weighted by molar-refractivity contribution is 8.26. The largest absolute Gasteiger partial charge is 0.293 e. The summed E-state index contributed by atoms with van der Waals surface area (Å²) in [6.45, 7) is 2.98. The second-order valence-corrected chi connectivity index (χ2v) is 13.7. The molecule has 0 radical (unpaired) electrons. The molecule has 0 unspecified atom stereocenters. The normalized spacial score (nSPS) is 29.7. The fraction of sp³-hybridized carbons (Fsp3) is 0.581. The first-order chi connectivity index (χ1) is 18.0. The van der Waals surface area contributed by atoms with E-state index in [-0.39, 0.29) is 11.3 Å². The van der Waals surface area contributed by atoms with Crippen LogP contribution in [0.5, 0.6) is 0 Å². The average molecular weight is 534 g/mol. The molecule has 0 spiro atoms. The Morgan fingerprint density at radius 1 is 1.00 bits per heavy atom. The van der Waals surface area contributed by atoms with Gasteiger partial charge in [0.15, 0.2) is 0 Å². The lowest BCUT2D eigenvalue weighted by atomic mass is 9.48. The van der Waals surface area contributed by atoms with E-state index >= 15 is 0 Å². The summed E-state index contributed by atoms with van der Waals surface area (Å²) >= 11 is 7.14. The van der Waals surface area contributed by atoms with Crippen LogP contribution in [0.3, 0.4) is 0 Å². The highest BCUT2D eigenvalue weighted by atomic mass is 32.2. The van der Waals surface area contributed by atoms with E-state index in [9.17, 15) is 4.79 Å². The van der Waals surface area contributed by atoms with Crippen molar-refractivity contribution in [3.8, 4) is 5.69 Å². The fourth-order valence-corrected chi connectivity index (χ4v) is 9.20. The summed E-state index contributed by atoms with van der Waals surface area (Å²) < 4.78 is 2.74. The average Bonchev–Trinajstić information content (AvgIpc) is 3.43. The minimum Gasteiger partial charge on any atom is -0.293 e. The summed E-state index contributed by atoms with van der Waals surface area (Å²) in [4.78, 5) is 16.0. The molecule has 4 nitrogen and oxygen atoms in total. The molecule has 7 rings (SSSR count). The number of aromatic nitrogens is 2. The van der Waals surface area contributed by atoms with Crippen molar-refractivity contribution in [2.45, 2.75) is 89.4 Å². The number of carbonyl (C=O) groups is 1. The predicted molar refractivity (Wildman–Crippen MR) is 157 cm³/mol. The predicted octanol–water partition coefficient (Wildman–Crippen LogP) is 7.90. The number of nitrogens with zero attached hydrogens (tertiary/aromatic N) is 3. The molecule has 0 atom stereocenters. The van der Waals surface area contributed by atoms with E-state index in [1.807, 2.05) is 15.6 Å². The van der Waals surface area contributed by atoms with Crippen LogP contribution in [-0.2, 0) is 10.2 Å². The Bertz CT molecular complexity index is 1150. The Balaban J connectivity index is 1.27. The topological polar surface area (TPSA) is 38.1 Å². The highest BCUT2D eigenvalue weighted by Gasteiger charge is 2.53. The Kier molecular flexibility index (Phi) is 7.32. The maximum absolute atomic E-state index is 13.4. The second-order valence-electron chi connectivity index (χ2n) is 12.0. The first-order valence-corrected chi connectivity index (χ1v) is 15.7. The maximum atomic E-state index is 13.4. The van der Waals surface area contributed by atoms with Gasteiger partial charge in [0.2, 0.25) is 0 Å². The van der Waals surface area contributed by atoms with Crippen LogP contribution in [0.1, 0.15) is 95.2 Å². The van der Waals surface area contributed by atoms with Crippen LogP contribution in [0.2, 0.25) is 0 Å². The first kappa shape index (κ1) is 25.4. The molecule has 0 N–H and O–H groups in total. The summed E-state index contributed by atoms with van der Waals surface area (Å²) in [5, 5.41) is 5.27. The van der Waals surface area contributed by atoms with E-state index in [1.54, 1.807) is 0 Å². The van der Waals surface area contributed by atoms with Crippen LogP contribution >= 0.6 is 24.0 Å². The van der Waals surface area contributed by atoms with Crippen LogP contribution in [0.15, 0.2) is 41.4 Å². The lowest BCUT2D eigenvalue weighted by molar-refractivity contribution is -0.122. The molecule has 4 aliphatic carbocycles. The summed E-state index contributed by atoms with van der Waals surface area (Å²) in [6.07, 6.45) is 19.5. The number of hydrogen-bond donors (Lipinski definition) is 0. The van der Waals surface area contributed by atoms with E-state index in [0.29, 0.717) is 4.32 Å². The number of thiocarbonyl (C=S) groups is 1. The van der Waals surface area contributed by atoms with Gasteiger partial charge < -0.3 is 0 Å². The van der Waals surface area contributed by atoms with Crippen molar-refractivity contribution in [1.82, 2.24) is 14.7 Å². The molecule has 6 heteroatoms. The van der Waals surface area contributed by atoms with Crippen LogP contribution in [0.4, 0.5) is 0 Å². The molecule has 5 aliphatic rings. The molecule has 2 heterocycles. The Morgan fingerprint density at radius 3 is 2.32 bits per heavy atom. The van der Waals surface area contributed by atoms with Gasteiger partial charge in [-0.2, -0.15) is 5.10 Å². The number of carbonyl (C=O) groups excluding carboxylic acids is 1. The molecule has 196 valence electrons. The smallest absolute Gasteiger partial charge is 0.266 e. The van der Waals surface area contributed by atoms with Gasteiger partial charge in [-0.1, -0.05) is 81.2 Å². The SMILES string of the molecule is CCCCCCCCN1C(=O)/C(=C/c2cn(-c3ccccc3)nc2C23CC4CC(CC(C4)C2)C3)SC1=S. The van der Waals surface area contributed by atoms with Crippen molar-refractivity contribution in [1.29, 1.82) is 0 Å². The van der Waals surface area contributed by atoms with Gasteiger partial charge in [-0.3, -0.25) is 9.69 Å². The molecule has 4 bridgehead atoms.